The Bertz CT molecular complexity index is 379. The molecular formula is C10H11ClF3NO. The third-order valence-corrected chi connectivity index (χ3v) is 2.27. The Morgan fingerprint density at radius 2 is 2.00 bits per heavy atom. The minimum Gasteiger partial charge on any atom is -0.495 e. The molecule has 90 valence electrons. The molecule has 0 unspecified atom stereocenters. The molecule has 1 N–H and O–H groups in total. The number of hydrogen-bond donors (Lipinski definition) is 1. The molecule has 0 heterocycles. The van der Waals surface area contributed by atoms with Gasteiger partial charge in [0.15, 0.2) is 0 Å². The maximum atomic E-state index is 12.0. The topological polar surface area (TPSA) is 21.3 Å². The minimum atomic E-state index is -4.25. The molecule has 0 aliphatic heterocycles. The Morgan fingerprint density at radius 3 is 2.50 bits per heavy atom. The number of ether oxygens (including phenoxy) is 1. The molecule has 2 nitrogen and oxygen atoms in total. The van der Waals surface area contributed by atoms with Crippen molar-refractivity contribution in [3.63, 3.8) is 0 Å². The van der Waals surface area contributed by atoms with Crippen LogP contribution in [0.1, 0.15) is 5.56 Å². The number of anilines is 1. The smallest absolute Gasteiger partial charge is 0.405 e. The van der Waals surface area contributed by atoms with Gasteiger partial charge in [-0.05, 0) is 24.6 Å². The van der Waals surface area contributed by atoms with Crippen LogP contribution < -0.4 is 10.1 Å². The van der Waals surface area contributed by atoms with Crippen molar-refractivity contribution < 1.29 is 17.9 Å². The second-order valence-corrected chi connectivity index (χ2v) is 3.68. The van der Waals surface area contributed by atoms with E-state index in [1.807, 2.05) is 0 Å². The van der Waals surface area contributed by atoms with Gasteiger partial charge in [0.05, 0.1) is 12.1 Å². The van der Waals surface area contributed by atoms with Crippen molar-refractivity contribution in [1.82, 2.24) is 0 Å². The van der Waals surface area contributed by atoms with E-state index in [0.717, 1.165) is 0 Å². The maximum Gasteiger partial charge on any atom is 0.405 e. The van der Waals surface area contributed by atoms with Gasteiger partial charge in [-0.25, -0.2) is 0 Å². The zero-order valence-electron chi connectivity index (χ0n) is 8.78. The number of hydrogen-bond acceptors (Lipinski definition) is 2. The van der Waals surface area contributed by atoms with E-state index in [2.05, 4.69) is 5.32 Å². The second-order valence-electron chi connectivity index (χ2n) is 3.27. The number of methoxy groups -OCH3 is 1. The van der Waals surface area contributed by atoms with Crippen LogP contribution in [0.15, 0.2) is 12.1 Å². The van der Waals surface area contributed by atoms with Crippen molar-refractivity contribution in [1.29, 1.82) is 0 Å². The molecule has 0 aliphatic carbocycles. The van der Waals surface area contributed by atoms with Gasteiger partial charge in [-0.3, -0.25) is 0 Å². The molecule has 0 bridgehead atoms. The molecule has 0 spiro atoms. The summed E-state index contributed by atoms with van der Waals surface area (Å²) in [7, 11) is 1.45. The van der Waals surface area contributed by atoms with E-state index in [1.165, 1.54) is 13.2 Å². The van der Waals surface area contributed by atoms with Crippen LogP contribution in [0.25, 0.3) is 0 Å². The predicted octanol–water partition coefficient (Wildman–Crippen LogP) is 3.63. The van der Waals surface area contributed by atoms with Crippen LogP contribution in [0.2, 0.25) is 5.02 Å². The average Bonchev–Trinajstić information content (AvgIpc) is 2.17. The molecule has 1 rings (SSSR count). The van der Waals surface area contributed by atoms with Gasteiger partial charge in [0.25, 0.3) is 0 Å². The third kappa shape index (κ3) is 3.48. The zero-order valence-corrected chi connectivity index (χ0v) is 9.54. The first-order chi connectivity index (χ1) is 7.33. The van der Waals surface area contributed by atoms with Crippen LogP contribution in [-0.2, 0) is 0 Å². The van der Waals surface area contributed by atoms with Crippen molar-refractivity contribution in [2.24, 2.45) is 0 Å². The van der Waals surface area contributed by atoms with Gasteiger partial charge in [0, 0.05) is 5.69 Å². The monoisotopic (exact) mass is 253 g/mol. The van der Waals surface area contributed by atoms with Gasteiger partial charge < -0.3 is 10.1 Å². The summed E-state index contributed by atoms with van der Waals surface area (Å²) in [5, 5.41) is 2.56. The Hall–Kier alpha value is -1.10. The van der Waals surface area contributed by atoms with Gasteiger partial charge in [0.1, 0.15) is 12.3 Å². The number of benzene rings is 1. The first-order valence-corrected chi connectivity index (χ1v) is 4.86. The van der Waals surface area contributed by atoms with Gasteiger partial charge in [-0.2, -0.15) is 13.2 Å². The van der Waals surface area contributed by atoms with E-state index in [4.69, 9.17) is 16.3 Å². The average molecular weight is 254 g/mol. The SMILES string of the molecule is COc1cc(C)c(NCC(F)(F)F)cc1Cl. The van der Waals surface area contributed by atoms with E-state index >= 15 is 0 Å². The van der Waals surface area contributed by atoms with Crippen molar-refractivity contribution in [2.45, 2.75) is 13.1 Å². The van der Waals surface area contributed by atoms with Crippen LogP contribution in [0, 0.1) is 6.92 Å². The van der Waals surface area contributed by atoms with Gasteiger partial charge in [-0.15, -0.1) is 0 Å². The highest BCUT2D eigenvalue weighted by atomic mass is 35.5. The zero-order chi connectivity index (χ0) is 12.3. The number of nitrogens with one attached hydrogen (secondary N) is 1. The number of alkyl halides is 3. The molecule has 0 aromatic heterocycles. The summed E-state index contributed by atoms with van der Waals surface area (Å²) in [4.78, 5) is 0. The normalized spacial score (nSPS) is 11.4. The fraction of sp³-hybridized carbons (Fsp3) is 0.400. The molecule has 6 heteroatoms. The van der Waals surface area contributed by atoms with E-state index < -0.39 is 12.7 Å². The van der Waals surface area contributed by atoms with Gasteiger partial charge in [0.2, 0.25) is 0 Å². The highest BCUT2D eigenvalue weighted by molar-refractivity contribution is 6.32. The summed E-state index contributed by atoms with van der Waals surface area (Å²) < 4.78 is 40.9. The summed E-state index contributed by atoms with van der Waals surface area (Å²) in [6, 6.07) is 3.00. The molecule has 0 saturated heterocycles. The van der Waals surface area contributed by atoms with Crippen LogP contribution in [0.5, 0.6) is 5.75 Å². The molecule has 0 fully saturated rings. The van der Waals surface area contributed by atoms with Gasteiger partial charge in [-0.1, -0.05) is 11.6 Å². The summed E-state index contributed by atoms with van der Waals surface area (Å²) in [5.41, 5.74) is 0.994. The number of aryl methyl sites for hydroxylation is 1. The lowest BCUT2D eigenvalue weighted by atomic mass is 10.2. The molecule has 0 aliphatic rings. The number of rotatable bonds is 3. The van der Waals surface area contributed by atoms with E-state index in [9.17, 15) is 13.2 Å². The molecule has 1 aromatic rings. The maximum absolute atomic E-state index is 12.0. The summed E-state index contributed by atoms with van der Waals surface area (Å²) in [6.45, 7) is 0.591. The second kappa shape index (κ2) is 4.82. The Balaban J connectivity index is 2.86. The van der Waals surface area contributed by atoms with Crippen molar-refractivity contribution in [3.05, 3.63) is 22.7 Å². The summed E-state index contributed by atoms with van der Waals surface area (Å²) in [5.74, 6) is 0.441. The predicted molar refractivity (Wildman–Crippen MR) is 57.3 cm³/mol. The van der Waals surface area contributed by atoms with Gasteiger partial charge >= 0.3 is 6.18 Å². The molecule has 0 saturated carbocycles. The van der Waals surface area contributed by atoms with Crippen molar-refractivity contribution in [3.8, 4) is 5.75 Å². The minimum absolute atomic E-state index is 0.276. The van der Waals surface area contributed by atoms with Crippen LogP contribution >= 0.6 is 11.6 Å². The first kappa shape index (κ1) is 13.0. The molecule has 1 aromatic carbocycles. The van der Waals surface area contributed by atoms with Crippen molar-refractivity contribution >= 4 is 17.3 Å². The van der Waals surface area contributed by atoms with E-state index in [1.54, 1.807) is 13.0 Å². The van der Waals surface area contributed by atoms with Crippen LogP contribution in [-0.4, -0.2) is 19.8 Å². The quantitative estimate of drug-likeness (QED) is 0.888. The fourth-order valence-electron chi connectivity index (χ4n) is 1.20. The van der Waals surface area contributed by atoms with Crippen LogP contribution in [0.3, 0.4) is 0 Å². The van der Waals surface area contributed by atoms with E-state index in [0.29, 0.717) is 17.0 Å². The molecule has 0 amide bonds. The largest absolute Gasteiger partial charge is 0.495 e. The molecule has 0 atom stereocenters. The molecular weight excluding hydrogens is 243 g/mol. The first-order valence-electron chi connectivity index (χ1n) is 4.48. The lowest BCUT2D eigenvalue weighted by Crippen LogP contribution is -2.21. The lowest BCUT2D eigenvalue weighted by Gasteiger charge is -2.13. The summed E-state index contributed by atoms with van der Waals surface area (Å²) >= 11 is 5.81. The Labute approximate surface area is 96.4 Å². The van der Waals surface area contributed by atoms with Crippen molar-refractivity contribution in [2.75, 3.05) is 19.0 Å². The lowest BCUT2D eigenvalue weighted by molar-refractivity contribution is -0.115. The standard InChI is InChI=1S/C10H11ClF3NO/c1-6-3-9(16-2)7(11)4-8(6)15-5-10(12,13)14/h3-4,15H,5H2,1-2H3. The number of halogens is 4. The van der Waals surface area contributed by atoms with E-state index in [-0.39, 0.29) is 5.02 Å². The molecule has 16 heavy (non-hydrogen) atoms. The Morgan fingerprint density at radius 1 is 1.38 bits per heavy atom. The highest BCUT2D eigenvalue weighted by Gasteiger charge is 2.26. The van der Waals surface area contributed by atoms with Crippen LogP contribution in [0.4, 0.5) is 18.9 Å². The molecule has 0 radical (unpaired) electrons. The fourth-order valence-corrected chi connectivity index (χ4v) is 1.44. The third-order valence-electron chi connectivity index (χ3n) is 1.98. The Kier molecular flexibility index (Phi) is 3.91. The summed E-state index contributed by atoms with van der Waals surface area (Å²) in [6.07, 6.45) is -4.25. The highest BCUT2D eigenvalue weighted by Crippen LogP contribution is 2.31.